The lowest BCUT2D eigenvalue weighted by Gasteiger charge is -2.45. The van der Waals surface area contributed by atoms with Crippen LogP contribution in [0.25, 0.3) is 0 Å². The molecule has 1 aromatic carbocycles. The molecule has 0 spiro atoms. The lowest BCUT2D eigenvalue weighted by Crippen LogP contribution is -2.54. The van der Waals surface area contributed by atoms with Crippen LogP contribution in [0, 0.1) is 11.3 Å². The zero-order valence-corrected chi connectivity index (χ0v) is 12.1. The van der Waals surface area contributed by atoms with Crippen LogP contribution in [0.4, 0.5) is 0 Å². The molecule has 0 radical (unpaired) electrons. The lowest BCUT2D eigenvalue weighted by molar-refractivity contribution is -0.150. The molecule has 0 saturated carbocycles. The Kier molecular flexibility index (Phi) is 4.39. The Morgan fingerprint density at radius 3 is 2.40 bits per heavy atom. The van der Waals surface area contributed by atoms with Crippen molar-refractivity contribution in [3.05, 3.63) is 35.9 Å². The number of piperidine rings is 1. The van der Waals surface area contributed by atoms with Crippen LogP contribution in [0.5, 0.6) is 0 Å². The largest absolute Gasteiger partial charge is 0.396 e. The number of hydrogen-bond acceptors (Lipinski definition) is 3. The number of hydrogen-bond donors (Lipinski definition) is 1. The van der Waals surface area contributed by atoms with E-state index in [1.807, 2.05) is 0 Å². The molecular formula is C17H25NO2. The monoisotopic (exact) mass is 275 g/mol. The van der Waals surface area contributed by atoms with Gasteiger partial charge in [-0.3, -0.25) is 0 Å². The average molecular weight is 275 g/mol. The molecule has 0 atom stereocenters. The van der Waals surface area contributed by atoms with Gasteiger partial charge in [0.1, 0.15) is 0 Å². The van der Waals surface area contributed by atoms with Crippen molar-refractivity contribution in [3.8, 4) is 0 Å². The number of likely N-dealkylation sites (tertiary alicyclic amines) is 1. The number of rotatable bonds is 5. The summed E-state index contributed by atoms with van der Waals surface area (Å²) in [7, 11) is 0. The molecule has 0 amide bonds. The van der Waals surface area contributed by atoms with E-state index >= 15 is 0 Å². The Morgan fingerprint density at radius 1 is 1.15 bits per heavy atom. The number of aliphatic hydroxyl groups is 1. The second-order valence-electron chi connectivity index (χ2n) is 6.56. The van der Waals surface area contributed by atoms with Crippen LogP contribution in [0.3, 0.4) is 0 Å². The molecule has 20 heavy (non-hydrogen) atoms. The maximum Gasteiger partial charge on any atom is 0.0579 e. The maximum atomic E-state index is 9.51. The Bertz CT molecular complexity index is 403. The van der Waals surface area contributed by atoms with Crippen LogP contribution in [-0.4, -0.2) is 49.5 Å². The third-order valence-electron chi connectivity index (χ3n) is 4.79. The molecule has 2 saturated heterocycles. The van der Waals surface area contributed by atoms with Crippen molar-refractivity contribution in [2.24, 2.45) is 11.3 Å². The molecule has 1 N–H and O–H groups in total. The van der Waals surface area contributed by atoms with Gasteiger partial charge >= 0.3 is 0 Å². The maximum absolute atomic E-state index is 9.51. The normalized spacial score (nSPS) is 23.4. The van der Waals surface area contributed by atoms with Gasteiger partial charge in [0.05, 0.1) is 25.2 Å². The van der Waals surface area contributed by atoms with Crippen molar-refractivity contribution in [1.82, 2.24) is 4.90 Å². The molecule has 110 valence electrons. The van der Waals surface area contributed by atoms with Gasteiger partial charge < -0.3 is 14.7 Å². The highest BCUT2D eigenvalue weighted by molar-refractivity contribution is 5.15. The zero-order valence-electron chi connectivity index (χ0n) is 12.1. The topological polar surface area (TPSA) is 32.7 Å². The highest BCUT2D eigenvalue weighted by Crippen LogP contribution is 2.30. The van der Waals surface area contributed by atoms with Gasteiger partial charge in [-0.25, -0.2) is 0 Å². The van der Waals surface area contributed by atoms with Crippen molar-refractivity contribution in [2.75, 3.05) is 39.5 Å². The van der Waals surface area contributed by atoms with E-state index in [0.29, 0.717) is 0 Å². The molecule has 3 nitrogen and oxygen atoms in total. The van der Waals surface area contributed by atoms with Gasteiger partial charge in [0.2, 0.25) is 0 Å². The van der Waals surface area contributed by atoms with Gasteiger partial charge in [0.15, 0.2) is 0 Å². The van der Waals surface area contributed by atoms with Gasteiger partial charge in [-0.15, -0.1) is 0 Å². The summed E-state index contributed by atoms with van der Waals surface area (Å²) in [5.74, 6) is 0.816. The second-order valence-corrected chi connectivity index (χ2v) is 6.56. The Balaban J connectivity index is 1.45. The van der Waals surface area contributed by atoms with Crippen LogP contribution in [-0.2, 0) is 11.2 Å². The minimum Gasteiger partial charge on any atom is -0.396 e. The standard InChI is InChI=1S/C17H25NO2/c19-12-17(13-20-14-17)11-18-8-6-16(7-9-18)10-15-4-2-1-3-5-15/h1-5,16,19H,6-14H2. The Labute approximate surface area is 121 Å². The van der Waals surface area contributed by atoms with E-state index in [9.17, 15) is 5.11 Å². The van der Waals surface area contributed by atoms with E-state index in [1.165, 1.54) is 37.9 Å². The van der Waals surface area contributed by atoms with Crippen LogP contribution >= 0.6 is 0 Å². The molecular weight excluding hydrogens is 250 g/mol. The minimum absolute atomic E-state index is 0.0340. The molecule has 1 aromatic rings. The van der Waals surface area contributed by atoms with E-state index in [4.69, 9.17) is 4.74 Å². The number of nitrogens with zero attached hydrogens (tertiary/aromatic N) is 1. The van der Waals surface area contributed by atoms with Crippen molar-refractivity contribution in [2.45, 2.75) is 19.3 Å². The summed E-state index contributed by atoms with van der Waals surface area (Å²) in [5.41, 5.74) is 1.50. The predicted octanol–water partition coefficient (Wildman–Crippen LogP) is 1.95. The summed E-state index contributed by atoms with van der Waals surface area (Å²) in [5, 5.41) is 9.51. The van der Waals surface area contributed by atoms with E-state index in [-0.39, 0.29) is 12.0 Å². The first-order valence-electron chi connectivity index (χ1n) is 7.75. The number of aliphatic hydroxyl groups excluding tert-OH is 1. The fraction of sp³-hybridized carbons (Fsp3) is 0.647. The van der Waals surface area contributed by atoms with Crippen LogP contribution in [0.15, 0.2) is 30.3 Å². The summed E-state index contributed by atoms with van der Waals surface area (Å²) >= 11 is 0. The molecule has 0 aromatic heterocycles. The molecule has 2 heterocycles. The molecule has 2 aliphatic heterocycles. The molecule has 2 fully saturated rings. The highest BCUT2D eigenvalue weighted by Gasteiger charge is 2.40. The van der Waals surface area contributed by atoms with Crippen LogP contribution in [0.1, 0.15) is 18.4 Å². The Morgan fingerprint density at radius 2 is 1.85 bits per heavy atom. The van der Waals surface area contributed by atoms with E-state index in [1.54, 1.807) is 0 Å². The van der Waals surface area contributed by atoms with E-state index < -0.39 is 0 Å². The van der Waals surface area contributed by atoms with Crippen molar-refractivity contribution >= 4 is 0 Å². The number of ether oxygens (including phenoxy) is 1. The van der Waals surface area contributed by atoms with Crippen LogP contribution < -0.4 is 0 Å². The summed E-state index contributed by atoms with van der Waals surface area (Å²) in [6.45, 7) is 5.05. The first-order valence-corrected chi connectivity index (χ1v) is 7.75. The van der Waals surface area contributed by atoms with Crippen molar-refractivity contribution < 1.29 is 9.84 Å². The zero-order chi connectivity index (χ0) is 13.8. The predicted molar refractivity (Wildman–Crippen MR) is 79.6 cm³/mol. The third-order valence-corrected chi connectivity index (χ3v) is 4.79. The Hall–Kier alpha value is -0.900. The minimum atomic E-state index is 0.0340. The van der Waals surface area contributed by atoms with Crippen molar-refractivity contribution in [1.29, 1.82) is 0 Å². The SMILES string of the molecule is OCC1(CN2CCC(Cc3ccccc3)CC2)COC1. The summed E-state index contributed by atoms with van der Waals surface area (Å²) < 4.78 is 5.28. The second kappa shape index (κ2) is 6.25. The first-order chi connectivity index (χ1) is 9.80. The molecule has 0 unspecified atom stereocenters. The van der Waals surface area contributed by atoms with Gasteiger partial charge in [0, 0.05) is 6.54 Å². The fourth-order valence-corrected chi connectivity index (χ4v) is 3.39. The number of benzene rings is 1. The molecule has 3 heteroatoms. The van der Waals surface area contributed by atoms with Gasteiger partial charge in [-0.2, -0.15) is 0 Å². The smallest absolute Gasteiger partial charge is 0.0579 e. The van der Waals surface area contributed by atoms with Gasteiger partial charge in [-0.05, 0) is 43.8 Å². The lowest BCUT2D eigenvalue weighted by atomic mass is 9.84. The molecule has 0 aliphatic carbocycles. The highest BCUT2D eigenvalue weighted by atomic mass is 16.5. The van der Waals surface area contributed by atoms with E-state index in [0.717, 1.165) is 25.7 Å². The average Bonchev–Trinajstić information content (AvgIpc) is 2.46. The first kappa shape index (κ1) is 14.1. The third kappa shape index (κ3) is 3.22. The van der Waals surface area contributed by atoms with E-state index in [2.05, 4.69) is 35.2 Å². The van der Waals surface area contributed by atoms with Gasteiger partial charge in [0.25, 0.3) is 0 Å². The molecule has 2 aliphatic rings. The quantitative estimate of drug-likeness (QED) is 0.891. The molecule has 0 bridgehead atoms. The summed E-state index contributed by atoms with van der Waals surface area (Å²) in [4.78, 5) is 2.51. The van der Waals surface area contributed by atoms with Crippen molar-refractivity contribution in [3.63, 3.8) is 0 Å². The summed E-state index contributed by atoms with van der Waals surface area (Å²) in [6.07, 6.45) is 3.76. The van der Waals surface area contributed by atoms with Gasteiger partial charge in [-0.1, -0.05) is 30.3 Å². The summed E-state index contributed by atoms with van der Waals surface area (Å²) in [6, 6.07) is 10.8. The fourth-order valence-electron chi connectivity index (χ4n) is 3.39. The van der Waals surface area contributed by atoms with Crippen LogP contribution in [0.2, 0.25) is 0 Å². The molecule has 3 rings (SSSR count).